The van der Waals surface area contributed by atoms with Gasteiger partial charge in [0.2, 0.25) is 0 Å². The van der Waals surface area contributed by atoms with E-state index in [-0.39, 0.29) is 6.04 Å². The average molecular weight is 276 g/mol. The number of para-hydroxylation sites is 1. The molecule has 0 aliphatic heterocycles. The van der Waals surface area contributed by atoms with Gasteiger partial charge in [-0.05, 0) is 49.7 Å². The van der Waals surface area contributed by atoms with Gasteiger partial charge in [0, 0.05) is 5.39 Å². The van der Waals surface area contributed by atoms with Gasteiger partial charge in [-0.3, -0.25) is 4.98 Å². The van der Waals surface area contributed by atoms with E-state index in [2.05, 4.69) is 61.6 Å². The van der Waals surface area contributed by atoms with Crippen molar-refractivity contribution >= 4 is 10.9 Å². The Balaban J connectivity index is 2.11. The third kappa shape index (κ3) is 2.55. The van der Waals surface area contributed by atoms with Crippen LogP contribution in [0.25, 0.3) is 10.9 Å². The zero-order valence-corrected chi connectivity index (χ0v) is 12.7. The maximum atomic E-state index is 4.83. The summed E-state index contributed by atoms with van der Waals surface area (Å²) in [6, 6.07) is 19.1. The molecule has 1 aromatic heterocycles. The van der Waals surface area contributed by atoms with Crippen molar-refractivity contribution in [2.45, 2.75) is 19.9 Å². The summed E-state index contributed by atoms with van der Waals surface area (Å²) in [5.74, 6) is 0. The number of nitrogens with one attached hydrogen (secondary N) is 1. The van der Waals surface area contributed by atoms with Gasteiger partial charge in [0.1, 0.15) is 0 Å². The highest BCUT2D eigenvalue weighted by molar-refractivity contribution is 5.78. The molecule has 0 amide bonds. The summed E-state index contributed by atoms with van der Waals surface area (Å²) in [7, 11) is 1.99. The lowest BCUT2D eigenvalue weighted by atomic mass is 9.95. The number of hydrogen-bond acceptors (Lipinski definition) is 2. The van der Waals surface area contributed by atoms with Crippen molar-refractivity contribution in [2.75, 3.05) is 7.05 Å². The first-order valence-corrected chi connectivity index (χ1v) is 7.30. The molecule has 2 nitrogen and oxygen atoms in total. The van der Waals surface area contributed by atoms with Crippen molar-refractivity contribution < 1.29 is 0 Å². The zero-order chi connectivity index (χ0) is 14.8. The van der Waals surface area contributed by atoms with Gasteiger partial charge in [0.25, 0.3) is 0 Å². The Labute approximate surface area is 125 Å². The van der Waals surface area contributed by atoms with Gasteiger partial charge in [0.15, 0.2) is 0 Å². The largest absolute Gasteiger partial charge is 0.308 e. The molecule has 2 aromatic carbocycles. The molecular weight excluding hydrogens is 256 g/mol. The summed E-state index contributed by atoms with van der Waals surface area (Å²) in [4.78, 5) is 4.83. The van der Waals surface area contributed by atoms with E-state index < -0.39 is 0 Å². The molecule has 0 aliphatic carbocycles. The minimum Gasteiger partial charge on any atom is -0.308 e. The second-order valence-electron chi connectivity index (χ2n) is 5.44. The highest BCUT2D eigenvalue weighted by atomic mass is 14.9. The van der Waals surface area contributed by atoms with Crippen LogP contribution in [0.2, 0.25) is 0 Å². The van der Waals surface area contributed by atoms with Crippen LogP contribution in [0.3, 0.4) is 0 Å². The predicted octanol–water partition coefficient (Wildman–Crippen LogP) is 4.16. The number of aryl methyl sites for hydroxylation is 1. The van der Waals surface area contributed by atoms with Crippen molar-refractivity contribution in [1.29, 1.82) is 0 Å². The molecule has 21 heavy (non-hydrogen) atoms. The number of nitrogens with zero attached hydrogens (tertiary/aromatic N) is 1. The monoisotopic (exact) mass is 276 g/mol. The topological polar surface area (TPSA) is 24.9 Å². The lowest BCUT2D eigenvalue weighted by Crippen LogP contribution is -2.20. The first-order chi connectivity index (χ1) is 10.2. The molecule has 1 N–H and O–H groups in total. The van der Waals surface area contributed by atoms with Gasteiger partial charge in [-0.1, -0.05) is 42.5 Å². The third-order valence-corrected chi connectivity index (χ3v) is 4.16. The fourth-order valence-electron chi connectivity index (χ4n) is 2.79. The molecule has 0 bridgehead atoms. The van der Waals surface area contributed by atoms with Crippen molar-refractivity contribution in [2.24, 2.45) is 0 Å². The van der Waals surface area contributed by atoms with Crippen LogP contribution in [0.1, 0.15) is 28.4 Å². The number of pyridine rings is 1. The van der Waals surface area contributed by atoms with Crippen LogP contribution in [0.4, 0.5) is 0 Å². The number of aromatic nitrogens is 1. The minimum absolute atomic E-state index is 0.120. The Kier molecular flexibility index (Phi) is 3.72. The highest BCUT2D eigenvalue weighted by Crippen LogP contribution is 2.26. The zero-order valence-electron chi connectivity index (χ0n) is 12.7. The van der Waals surface area contributed by atoms with E-state index >= 15 is 0 Å². The van der Waals surface area contributed by atoms with E-state index in [1.807, 2.05) is 19.2 Å². The van der Waals surface area contributed by atoms with Gasteiger partial charge in [-0.2, -0.15) is 0 Å². The minimum atomic E-state index is 0.120. The molecule has 1 unspecified atom stereocenters. The molecule has 0 saturated carbocycles. The molecule has 0 saturated heterocycles. The van der Waals surface area contributed by atoms with E-state index in [9.17, 15) is 0 Å². The smallest absolute Gasteiger partial charge is 0.0751 e. The molecular formula is C19H20N2. The highest BCUT2D eigenvalue weighted by Gasteiger charge is 2.16. The predicted molar refractivity (Wildman–Crippen MR) is 88.6 cm³/mol. The van der Waals surface area contributed by atoms with Crippen LogP contribution in [-0.4, -0.2) is 12.0 Å². The maximum absolute atomic E-state index is 4.83. The van der Waals surface area contributed by atoms with Crippen LogP contribution in [0.5, 0.6) is 0 Å². The van der Waals surface area contributed by atoms with Crippen molar-refractivity contribution in [3.05, 3.63) is 77.0 Å². The summed E-state index contributed by atoms with van der Waals surface area (Å²) < 4.78 is 0. The summed E-state index contributed by atoms with van der Waals surface area (Å²) >= 11 is 0. The normalized spacial score (nSPS) is 12.5. The SMILES string of the molecule is CNC(c1ccc2ccccc2n1)c1cccc(C)c1C. The summed E-state index contributed by atoms with van der Waals surface area (Å²) in [6.07, 6.45) is 0. The second kappa shape index (κ2) is 5.66. The Hall–Kier alpha value is -2.19. The standard InChI is InChI=1S/C19H20N2/c1-13-7-6-9-16(14(13)2)19(20-3)18-12-11-15-8-4-5-10-17(15)21-18/h4-12,19-20H,1-3H3. The number of fused-ring (bicyclic) bond motifs is 1. The lowest BCUT2D eigenvalue weighted by molar-refractivity contribution is 0.669. The first kappa shape index (κ1) is 13.8. The van der Waals surface area contributed by atoms with Gasteiger partial charge in [-0.25, -0.2) is 0 Å². The van der Waals surface area contributed by atoms with E-state index in [0.717, 1.165) is 11.2 Å². The van der Waals surface area contributed by atoms with Crippen LogP contribution in [0.15, 0.2) is 54.6 Å². The molecule has 0 aliphatic rings. The molecule has 3 rings (SSSR count). The lowest BCUT2D eigenvalue weighted by Gasteiger charge is -2.20. The molecule has 2 heteroatoms. The maximum Gasteiger partial charge on any atom is 0.0751 e. The van der Waals surface area contributed by atoms with Crippen LogP contribution >= 0.6 is 0 Å². The van der Waals surface area contributed by atoms with Gasteiger partial charge < -0.3 is 5.32 Å². The van der Waals surface area contributed by atoms with Crippen LogP contribution in [0, 0.1) is 13.8 Å². The van der Waals surface area contributed by atoms with Crippen LogP contribution < -0.4 is 5.32 Å². The summed E-state index contributed by atoms with van der Waals surface area (Å²) in [5.41, 5.74) is 6.03. The Morgan fingerprint density at radius 1 is 0.905 bits per heavy atom. The van der Waals surface area contributed by atoms with E-state index in [4.69, 9.17) is 4.98 Å². The number of benzene rings is 2. The Morgan fingerprint density at radius 3 is 2.52 bits per heavy atom. The van der Waals surface area contributed by atoms with Crippen molar-refractivity contribution in [3.63, 3.8) is 0 Å². The summed E-state index contributed by atoms with van der Waals surface area (Å²) in [6.45, 7) is 4.33. The Bertz CT molecular complexity index is 777. The van der Waals surface area contributed by atoms with Gasteiger partial charge in [-0.15, -0.1) is 0 Å². The molecule has 1 atom stereocenters. The fourth-order valence-corrected chi connectivity index (χ4v) is 2.79. The Morgan fingerprint density at radius 2 is 1.71 bits per heavy atom. The number of rotatable bonds is 3. The summed E-state index contributed by atoms with van der Waals surface area (Å²) in [5, 5.41) is 4.58. The van der Waals surface area contributed by atoms with Gasteiger partial charge in [0.05, 0.1) is 17.3 Å². The number of hydrogen-bond donors (Lipinski definition) is 1. The van der Waals surface area contributed by atoms with E-state index in [0.29, 0.717) is 0 Å². The van der Waals surface area contributed by atoms with E-state index in [1.165, 1.54) is 22.1 Å². The van der Waals surface area contributed by atoms with Crippen molar-refractivity contribution in [3.8, 4) is 0 Å². The molecule has 1 heterocycles. The molecule has 0 spiro atoms. The fraction of sp³-hybridized carbons (Fsp3) is 0.211. The first-order valence-electron chi connectivity index (χ1n) is 7.30. The van der Waals surface area contributed by atoms with Crippen LogP contribution in [-0.2, 0) is 0 Å². The molecule has 3 aromatic rings. The van der Waals surface area contributed by atoms with Crippen molar-refractivity contribution in [1.82, 2.24) is 10.3 Å². The average Bonchev–Trinajstić information content (AvgIpc) is 2.52. The quantitative estimate of drug-likeness (QED) is 0.777. The van der Waals surface area contributed by atoms with Gasteiger partial charge >= 0.3 is 0 Å². The molecule has 106 valence electrons. The second-order valence-corrected chi connectivity index (χ2v) is 5.44. The molecule has 0 fully saturated rings. The molecule has 0 radical (unpaired) electrons. The van der Waals surface area contributed by atoms with E-state index in [1.54, 1.807) is 0 Å². The third-order valence-electron chi connectivity index (χ3n) is 4.16.